The van der Waals surface area contributed by atoms with Crippen molar-refractivity contribution in [1.29, 1.82) is 0 Å². The summed E-state index contributed by atoms with van der Waals surface area (Å²) in [5.41, 5.74) is 5.54. The van der Waals surface area contributed by atoms with Crippen molar-refractivity contribution in [3.63, 3.8) is 0 Å². The number of rotatable bonds is 1. The Bertz CT molecular complexity index is 526. The van der Waals surface area contributed by atoms with Crippen LogP contribution in [0.25, 0.3) is 5.57 Å². The zero-order valence-corrected chi connectivity index (χ0v) is 11.7. The zero-order chi connectivity index (χ0) is 12.8. The molecular formula is C17H18S. The molecule has 0 aliphatic heterocycles. The Morgan fingerprint density at radius 1 is 0.833 bits per heavy atom. The molecule has 0 radical (unpaired) electrons. The molecule has 0 fully saturated rings. The Morgan fingerprint density at radius 3 is 2.17 bits per heavy atom. The van der Waals surface area contributed by atoms with Gasteiger partial charge in [-0.15, -0.1) is 0 Å². The maximum Gasteiger partial charge on any atom is -0.00819 e. The molecule has 0 spiro atoms. The third-order valence-electron chi connectivity index (χ3n) is 2.92. The minimum absolute atomic E-state index is 1.07. The van der Waals surface area contributed by atoms with Gasteiger partial charge in [-0.1, -0.05) is 60.7 Å². The number of fused-ring (bicyclic) bond motifs is 1. The van der Waals surface area contributed by atoms with Gasteiger partial charge in [-0.05, 0) is 41.2 Å². The summed E-state index contributed by atoms with van der Waals surface area (Å²) in [5.74, 6) is 0. The largest absolute Gasteiger partial charge is 0.169 e. The second-order valence-corrected chi connectivity index (χ2v) is 5.07. The quantitative estimate of drug-likeness (QED) is 0.713. The molecule has 0 bridgehead atoms. The first-order chi connectivity index (χ1) is 8.86. The standard InChI is InChI=1S/C15H12.C2H6S/c1-2-6-12(7-3-1)15-11-10-13-8-4-5-9-14(13)15;1-3-2/h1-9,11H,10H2;1-2H3. The molecule has 2 aromatic rings. The van der Waals surface area contributed by atoms with Gasteiger partial charge in [-0.3, -0.25) is 0 Å². The summed E-state index contributed by atoms with van der Waals surface area (Å²) in [4.78, 5) is 0. The zero-order valence-electron chi connectivity index (χ0n) is 10.9. The van der Waals surface area contributed by atoms with Crippen molar-refractivity contribution < 1.29 is 0 Å². The van der Waals surface area contributed by atoms with E-state index in [0.29, 0.717) is 0 Å². The van der Waals surface area contributed by atoms with E-state index in [-0.39, 0.29) is 0 Å². The van der Waals surface area contributed by atoms with Gasteiger partial charge in [0.05, 0.1) is 0 Å². The molecule has 0 saturated heterocycles. The van der Waals surface area contributed by atoms with Crippen LogP contribution >= 0.6 is 11.8 Å². The van der Waals surface area contributed by atoms with E-state index >= 15 is 0 Å². The van der Waals surface area contributed by atoms with Crippen molar-refractivity contribution >= 4 is 17.3 Å². The number of benzene rings is 2. The molecule has 0 nitrogen and oxygen atoms in total. The van der Waals surface area contributed by atoms with E-state index in [9.17, 15) is 0 Å². The van der Waals surface area contributed by atoms with Gasteiger partial charge in [-0.2, -0.15) is 11.8 Å². The molecule has 1 heteroatoms. The highest BCUT2D eigenvalue weighted by Gasteiger charge is 2.13. The Hall–Kier alpha value is -1.47. The lowest BCUT2D eigenvalue weighted by molar-refractivity contribution is 1.31. The Kier molecular flexibility index (Phi) is 4.66. The van der Waals surface area contributed by atoms with Crippen LogP contribution < -0.4 is 0 Å². The first-order valence-electron chi connectivity index (χ1n) is 6.11. The fourth-order valence-corrected chi connectivity index (χ4v) is 2.17. The molecule has 0 aromatic heterocycles. The second kappa shape index (κ2) is 6.46. The summed E-state index contributed by atoms with van der Waals surface area (Å²) in [6.07, 6.45) is 7.47. The van der Waals surface area contributed by atoms with Gasteiger partial charge < -0.3 is 0 Å². The van der Waals surface area contributed by atoms with Crippen molar-refractivity contribution in [2.75, 3.05) is 12.5 Å². The van der Waals surface area contributed by atoms with E-state index in [0.717, 1.165) is 6.42 Å². The van der Waals surface area contributed by atoms with Crippen LogP contribution in [0.5, 0.6) is 0 Å². The van der Waals surface area contributed by atoms with E-state index < -0.39 is 0 Å². The van der Waals surface area contributed by atoms with Crippen LogP contribution in [0.4, 0.5) is 0 Å². The predicted octanol–water partition coefficient (Wildman–Crippen LogP) is 4.65. The molecule has 0 saturated carbocycles. The van der Waals surface area contributed by atoms with E-state index in [1.807, 2.05) is 12.5 Å². The molecule has 3 rings (SSSR count). The van der Waals surface area contributed by atoms with Crippen LogP contribution in [0.2, 0.25) is 0 Å². The molecule has 0 heterocycles. The summed E-state index contributed by atoms with van der Waals surface area (Å²) in [6.45, 7) is 0. The third-order valence-corrected chi connectivity index (χ3v) is 2.92. The van der Waals surface area contributed by atoms with Crippen molar-refractivity contribution in [2.45, 2.75) is 6.42 Å². The topological polar surface area (TPSA) is 0 Å². The molecule has 18 heavy (non-hydrogen) atoms. The summed E-state index contributed by atoms with van der Waals surface area (Å²) < 4.78 is 0. The van der Waals surface area contributed by atoms with E-state index in [1.165, 1.54) is 22.3 Å². The van der Waals surface area contributed by atoms with Gasteiger partial charge in [0.15, 0.2) is 0 Å². The fraction of sp³-hybridized carbons (Fsp3) is 0.176. The molecule has 1 aliphatic carbocycles. The minimum Gasteiger partial charge on any atom is -0.169 e. The average molecular weight is 254 g/mol. The van der Waals surface area contributed by atoms with Crippen LogP contribution in [0.15, 0.2) is 60.7 Å². The van der Waals surface area contributed by atoms with E-state index in [2.05, 4.69) is 60.7 Å². The molecular weight excluding hydrogens is 236 g/mol. The van der Waals surface area contributed by atoms with Gasteiger partial charge in [-0.25, -0.2) is 0 Å². The molecule has 0 N–H and O–H groups in total. The summed E-state index contributed by atoms with van der Waals surface area (Å²) in [5, 5.41) is 0. The van der Waals surface area contributed by atoms with Crippen molar-refractivity contribution in [3.05, 3.63) is 77.4 Å². The summed E-state index contributed by atoms with van der Waals surface area (Å²) in [7, 11) is 0. The van der Waals surface area contributed by atoms with E-state index in [1.54, 1.807) is 11.8 Å². The second-order valence-electron chi connectivity index (χ2n) is 4.25. The van der Waals surface area contributed by atoms with Crippen LogP contribution in [-0.2, 0) is 6.42 Å². The van der Waals surface area contributed by atoms with Crippen LogP contribution in [-0.4, -0.2) is 12.5 Å². The SMILES string of the molecule is C1=C(c2ccccc2)c2ccccc2C1.CSC. The smallest absolute Gasteiger partial charge is 0.00819 e. The third kappa shape index (κ3) is 2.85. The lowest BCUT2D eigenvalue weighted by atomic mass is 9.99. The van der Waals surface area contributed by atoms with Crippen molar-refractivity contribution in [2.24, 2.45) is 0 Å². The highest BCUT2D eigenvalue weighted by atomic mass is 32.2. The summed E-state index contributed by atoms with van der Waals surface area (Å²) in [6, 6.07) is 19.2. The first kappa shape index (κ1) is 13.0. The molecule has 0 amide bonds. The predicted molar refractivity (Wildman–Crippen MR) is 83.1 cm³/mol. The molecule has 92 valence electrons. The van der Waals surface area contributed by atoms with Crippen LogP contribution in [0.3, 0.4) is 0 Å². The number of allylic oxidation sites excluding steroid dienone is 1. The molecule has 2 aromatic carbocycles. The Labute approximate surface area is 114 Å². The lowest BCUT2D eigenvalue weighted by Gasteiger charge is -2.05. The molecule has 0 unspecified atom stereocenters. The number of hydrogen-bond donors (Lipinski definition) is 0. The maximum atomic E-state index is 2.32. The average Bonchev–Trinajstić information content (AvgIpc) is 2.84. The minimum atomic E-state index is 1.07. The van der Waals surface area contributed by atoms with Gasteiger partial charge in [0.1, 0.15) is 0 Å². The van der Waals surface area contributed by atoms with Gasteiger partial charge in [0, 0.05) is 0 Å². The van der Waals surface area contributed by atoms with Crippen LogP contribution in [0, 0.1) is 0 Å². The Balaban J connectivity index is 0.000000367. The summed E-state index contributed by atoms with van der Waals surface area (Å²) >= 11 is 1.75. The lowest BCUT2D eigenvalue weighted by Crippen LogP contribution is -1.85. The van der Waals surface area contributed by atoms with Crippen LogP contribution in [0.1, 0.15) is 16.7 Å². The van der Waals surface area contributed by atoms with Crippen molar-refractivity contribution in [3.8, 4) is 0 Å². The number of thioether (sulfide) groups is 1. The maximum absolute atomic E-state index is 2.32. The first-order valence-corrected chi connectivity index (χ1v) is 7.74. The number of hydrogen-bond acceptors (Lipinski definition) is 1. The fourth-order valence-electron chi connectivity index (χ4n) is 2.17. The highest BCUT2D eigenvalue weighted by molar-refractivity contribution is 7.97. The van der Waals surface area contributed by atoms with Gasteiger partial charge in [0.25, 0.3) is 0 Å². The monoisotopic (exact) mass is 254 g/mol. The van der Waals surface area contributed by atoms with Gasteiger partial charge >= 0.3 is 0 Å². The van der Waals surface area contributed by atoms with E-state index in [4.69, 9.17) is 0 Å². The highest BCUT2D eigenvalue weighted by Crippen LogP contribution is 2.31. The van der Waals surface area contributed by atoms with Crippen molar-refractivity contribution in [1.82, 2.24) is 0 Å². The Morgan fingerprint density at radius 2 is 1.44 bits per heavy atom. The van der Waals surface area contributed by atoms with Gasteiger partial charge in [0.2, 0.25) is 0 Å². The molecule has 0 atom stereocenters. The molecule has 1 aliphatic rings. The normalized spacial score (nSPS) is 12.2.